The summed E-state index contributed by atoms with van der Waals surface area (Å²) in [4.78, 5) is 32.0. The van der Waals surface area contributed by atoms with E-state index in [0.29, 0.717) is 13.1 Å². The molecule has 2 heterocycles. The molecular formula is C21H30N4O2. The van der Waals surface area contributed by atoms with Gasteiger partial charge in [-0.25, -0.2) is 0 Å². The third kappa shape index (κ3) is 3.55. The highest BCUT2D eigenvalue weighted by Gasteiger charge is 2.49. The highest BCUT2D eigenvalue weighted by molar-refractivity contribution is 5.95. The fourth-order valence-electron chi connectivity index (χ4n) is 4.41. The van der Waals surface area contributed by atoms with Crippen LogP contribution in [0.4, 0.5) is 5.69 Å². The van der Waals surface area contributed by atoms with Crippen LogP contribution in [0.15, 0.2) is 24.3 Å². The van der Waals surface area contributed by atoms with Gasteiger partial charge in [0, 0.05) is 58.1 Å². The molecule has 1 aromatic carbocycles. The molecule has 4 rings (SSSR count). The zero-order chi connectivity index (χ0) is 19.0. The molecule has 0 radical (unpaired) electrons. The summed E-state index contributed by atoms with van der Waals surface area (Å²) in [6, 6.07) is 7.75. The molecule has 0 atom stereocenters. The first-order valence-corrected chi connectivity index (χ1v) is 10.1. The molecule has 3 fully saturated rings. The smallest absolute Gasteiger partial charge is 0.253 e. The Morgan fingerprint density at radius 1 is 1.15 bits per heavy atom. The van der Waals surface area contributed by atoms with Crippen molar-refractivity contribution in [2.75, 3.05) is 51.7 Å². The van der Waals surface area contributed by atoms with Crippen LogP contribution in [0.5, 0.6) is 0 Å². The van der Waals surface area contributed by atoms with Gasteiger partial charge < -0.3 is 15.1 Å². The van der Waals surface area contributed by atoms with Crippen LogP contribution in [0.2, 0.25) is 0 Å². The van der Waals surface area contributed by atoms with Crippen molar-refractivity contribution in [2.24, 2.45) is 5.92 Å². The van der Waals surface area contributed by atoms with Gasteiger partial charge >= 0.3 is 0 Å². The van der Waals surface area contributed by atoms with Crippen molar-refractivity contribution in [1.29, 1.82) is 0 Å². The van der Waals surface area contributed by atoms with E-state index in [2.05, 4.69) is 10.2 Å². The van der Waals surface area contributed by atoms with Crippen molar-refractivity contribution < 1.29 is 9.59 Å². The number of hydrogen-bond acceptors (Lipinski definition) is 4. The molecule has 1 N–H and O–H groups in total. The van der Waals surface area contributed by atoms with Gasteiger partial charge in [0.05, 0.1) is 0 Å². The van der Waals surface area contributed by atoms with E-state index >= 15 is 0 Å². The van der Waals surface area contributed by atoms with E-state index in [9.17, 15) is 9.59 Å². The Morgan fingerprint density at radius 3 is 2.41 bits per heavy atom. The number of nitrogens with one attached hydrogen (secondary N) is 1. The molecule has 1 aromatic rings. The highest BCUT2D eigenvalue weighted by atomic mass is 16.2. The van der Waals surface area contributed by atoms with E-state index in [1.165, 1.54) is 12.8 Å². The van der Waals surface area contributed by atoms with Crippen molar-refractivity contribution in [3.8, 4) is 0 Å². The standard InChI is InChI=1S/C21H30N4O2/c1-23(2)18-7-5-17(6-8-18)19(26)24-12-9-21(10-13-24)20(27)22-11-14-25(21)15-16-3-4-16/h5-8,16H,3-4,9-15H2,1-2H3,(H,22,27). The number of amides is 2. The van der Waals surface area contributed by atoms with E-state index in [1.54, 1.807) is 0 Å². The third-order valence-electron chi connectivity index (χ3n) is 6.38. The van der Waals surface area contributed by atoms with Crippen LogP contribution in [0.1, 0.15) is 36.0 Å². The molecule has 27 heavy (non-hydrogen) atoms. The number of carbonyl (C=O) groups excluding carboxylic acids is 2. The van der Waals surface area contributed by atoms with Crippen LogP contribution in [-0.4, -0.2) is 74.0 Å². The summed E-state index contributed by atoms with van der Waals surface area (Å²) in [6.45, 7) is 4.00. The number of nitrogens with zero attached hydrogens (tertiary/aromatic N) is 3. The molecular weight excluding hydrogens is 340 g/mol. The second-order valence-electron chi connectivity index (χ2n) is 8.41. The van der Waals surface area contributed by atoms with Crippen molar-refractivity contribution in [1.82, 2.24) is 15.1 Å². The van der Waals surface area contributed by atoms with E-state index in [4.69, 9.17) is 0 Å². The molecule has 6 heteroatoms. The summed E-state index contributed by atoms with van der Waals surface area (Å²) in [6.07, 6.45) is 4.05. The molecule has 1 spiro atoms. The Bertz CT molecular complexity index is 703. The van der Waals surface area contributed by atoms with Gasteiger partial charge in [0.1, 0.15) is 5.54 Å². The van der Waals surface area contributed by atoms with Gasteiger partial charge in [0.25, 0.3) is 5.91 Å². The average molecular weight is 370 g/mol. The molecule has 2 amide bonds. The van der Waals surface area contributed by atoms with E-state index in [1.807, 2.05) is 48.2 Å². The zero-order valence-electron chi connectivity index (χ0n) is 16.4. The maximum Gasteiger partial charge on any atom is 0.253 e. The summed E-state index contributed by atoms with van der Waals surface area (Å²) in [5, 5.41) is 3.07. The predicted octanol–water partition coefficient (Wildman–Crippen LogP) is 1.57. The molecule has 1 saturated carbocycles. The summed E-state index contributed by atoms with van der Waals surface area (Å²) >= 11 is 0. The highest BCUT2D eigenvalue weighted by Crippen LogP contribution is 2.37. The summed E-state index contributed by atoms with van der Waals surface area (Å²) < 4.78 is 0. The van der Waals surface area contributed by atoms with Crippen LogP contribution in [0.3, 0.4) is 0 Å². The van der Waals surface area contributed by atoms with E-state index in [0.717, 1.165) is 49.6 Å². The lowest BCUT2D eigenvalue weighted by Gasteiger charge is -2.50. The van der Waals surface area contributed by atoms with Gasteiger partial charge in [-0.1, -0.05) is 0 Å². The minimum Gasteiger partial charge on any atom is -0.378 e. The molecule has 2 aliphatic heterocycles. The van der Waals surface area contributed by atoms with Crippen LogP contribution in [0.25, 0.3) is 0 Å². The third-order valence-corrected chi connectivity index (χ3v) is 6.38. The maximum atomic E-state index is 12.9. The molecule has 0 aromatic heterocycles. The Morgan fingerprint density at radius 2 is 1.81 bits per heavy atom. The minimum atomic E-state index is -0.410. The van der Waals surface area contributed by atoms with Crippen LogP contribution in [-0.2, 0) is 4.79 Å². The Labute approximate surface area is 161 Å². The van der Waals surface area contributed by atoms with Crippen LogP contribution < -0.4 is 10.2 Å². The fourth-order valence-corrected chi connectivity index (χ4v) is 4.41. The predicted molar refractivity (Wildman–Crippen MR) is 106 cm³/mol. The summed E-state index contributed by atoms with van der Waals surface area (Å²) in [7, 11) is 3.98. The van der Waals surface area contributed by atoms with Gasteiger partial charge in [-0.05, 0) is 55.9 Å². The van der Waals surface area contributed by atoms with Crippen LogP contribution in [0, 0.1) is 5.92 Å². The van der Waals surface area contributed by atoms with E-state index in [-0.39, 0.29) is 11.8 Å². The summed E-state index contributed by atoms with van der Waals surface area (Å²) in [5.74, 6) is 1.000. The number of piperidine rings is 1. The first kappa shape index (κ1) is 18.3. The first-order chi connectivity index (χ1) is 13.0. The number of hydrogen-bond donors (Lipinski definition) is 1. The first-order valence-electron chi connectivity index (χ1n) is 10.1. The molecule has 0 bridgehead atoms. The maximum absolute atomic E-state index is 12.9. The van der Waals surface area contributed by atoms with Gasteiger partial charge in [0.15, 0.2) is 0 Å². The molecule has 1 aliphatic carbocycles. The number of piperazine rings is 1. The van der Waals surface area contributed by atoms with Crippen molar-refractivity contribution >= 4 is 17.5 Å². The number of rotatable bonds is 4. The SMILES string of the molecule is CN(C)c1ccc(C(=O)N2CCC3(CC2)C(=O)NCCN3CC2CC2)cc1. The number of carbonyl (C=O) groups is 2. The Kier molecular flexibility index (Phi) is 4.84. The van der Waals surface area contributed by atoms with E-state index < -0.39 is 5.54 Å². The lowest BCUT2D eigenvalue weighted by atomic mass is 9.82. The van der Waals surface area contributed by atoms with Gasteiger partial charge in [-0.3, -0.25) is 14.5 Å². The average Bonchev–Trinajstić information content (AvgIpc) is 3.50. The molecule has 6 nitrogen and oxygen atoms in total. The largest absolute Gasteiger partial charge is 0.378 e. The topological polar surface area (TPSA) is 55.9 Å². The van der Waals surface area contributed by atoms with Crippen molar-refractivity contribution in [3.63, 3.8) is 0 Å². The number of anilines is 1. The van der Waals surface area contributed by atoms with Gasteiger partial charge in [-0.2, -0.15) is 0 Å². The van der Waals surface area contributed by atoms with Crippen LogP contribution >= 0.6 is 0 Å². The molecule has 0 unspecified atom stereocenters. The van der Waals surface area contributed by atoms with Crippen molar-refractivity contribution in [3.05, 3.63) is 29.8 Å². The number of benzene rings is 1. The molecule has 146 valence electrons. The minimum absolute atomic E-state index is 0.0696. The zero-order valence-corrected chi connectivity index (χ0v) is 16.4. The number of likely N-dealkylation sites (tertiary alicyclic amines) is 1. The molecule has 3 aliphatic rings. The van der Waals surface area contributed by atoms with Gasteiger partial charge in [0.2, 0.25) is 5.91 Å². The second-order valence-corrected chi connectivity index (χ2v) is 8.41. The quantitative estimate of drug-likeness (QED) is 0.874. The lowest BCUT2D eigenvalue weighted by molar-refractivity contribution is -0.141. The fraction of sp³-hybridized carbons (Fsp3) is 0.619. The Balaban J connectivity index is 1.43. The second kappa shape index (κ2) is 7.15. The lowest BCUT2D eigenvalue weighted by Crippen LogP contribution is -2.68. The molecule has 2 saturated heterocycles. The van der Waals surface area contributed by atoms with Gasteiger partial charge in [-0.15, -0.1) is 0 Å². The Hall–Kier alpha value is -2.08. The normalized spacial score (nSPS) is 22.6. The summed E-state index contributed by atoms with van der Waals surface area (Å²) in [5.41, 5.74) is 1.39. The van der Waals surface area contributed by atoms with Crippen molar-refractivity contribution in [2.45, 2.75) is 31.2 Å². The monoisotopic (exact) mass is 370 g/mol.